The average Bonchev–Trinajstić information content (AvgIpc) is 2.78. The number of hydrogen-bond acceptors (Lipinski definition) is 0. The van der Waals surface area contributed by atoms with E-state index in [0.29, 0.717) is 0 Å². The smallest absolute Gasteiger partial charge is 0.0175 e. The minimum atomic E-state index is 1.10. The molecule has 0 heterocycles. The van der Waals surface area contributed by atoms with Crippen molar-refractivity contribution < 1.29 is 0 Å². The monoisotopic (exact) mass is 432 g/mol. The second kappa shape index (κ2) is 6.43. The molecule has 0 saturated heterocycles. The summed E-state index contributed by atoms with van der Waals surface area (Å²) in [4.78, 5) is 0. The van der Waals surface area contributed by atoms with Gasteiger partial charge in [0.05, 0.1) is 0 Å². The van der Waals surface area contributed by atoms with Crippen LogP contribution in [0.1, 0.15) is 0 Å². The van der Waals surface area contributed by atoms with E-state index in [1.54, 1.807) is 0 Å². The second-order valence-electron chi connectivity index (χ2n) is 7.56. The molecular weight excluding hydrogens is 416 g/mol. The molecule has 0 atom stereocenters. The Balaban J connectivity index is 1.71. The highest BCUT2D eigenvalue weighted by Crippen LogP contribution is 2.37. The number of fused-ring (bicyclic) bond motifs is 7. The van der Waals surface area contributed by atoms with Crippen LogP contribution in [0.2, 0.25) is 0 Å². The van der Waals surface area contributed by atoms with Crippen LogP contribution in [0.25, 0.3) is 54.2 Å². The molecule has 6 aromatic carbocycles. The zero-order valence-corrected chi connectivity index (χ0v) is 17.3. The molecule has 6 rings (SSSR count). The maximum Gasteiger partial charge on any atom is 0.0175 e. The second-order valence-corrected chi connectivity index (χ2v) is 8.47. The van der Waals surface area contributed by atoms with Crippen LogP contribution in [0.15, 0.2) is 108 Å². The number of halogens is 1. The molecule has 0 aliphatic rings. The first-order chi connectivity index (χ1) is 14.3. The zero-order chi connectivity index (χ0) is 19.4. The molecule has 0 bridgehead atoms. The van der Waals surface area contributed by atoms with Gasteiger partial charge in [0.2, 0.25) is 0 Å². The van der Waals surface area contributed by atoms with Gasteiger partial charge in [0, 0.05) is 4.47 Å². The molecule has 1 heteroatoms. The zero-order valence-electron chi connectivity index (χ0n) is 15.7. The highest BCUT2D eigenvalue weighted by molar-refractivity contribution is 9.10. The summed E-state index contributed by atoms with van der Waals surface area (Å²) in [6.45, 7) is 0. The maximum absolute atomic E-state index is 3.53. The predicted molar refractivity (Wildman–Crippen MR) is 130 cm³/mol. The SMILES string of the molecule is Brc1ccc(-c2ccc3cc4c5ccccc5c5ccccc5c4cc3c2)cc1. The summed E-state index contributed by atoms with van der Waals surface area (Å²) in [5, 5.41) is 10.5. The third-order valence-corrected chi connectivity index (χ3v) is 6.41. The van der Waals surface area contributed by atoms with Crippen molar-refractivity contribution in [3.8, 4) is 11.1 Å². The van der Waals surface area contributed by atoms with Crippen LogP contribution in [-0.2, 0) is 0 Å². The number of benzene rings is 6. The fraction of sp³-hybridized carbons (Fsp3) is 0. The van der Waals surface area contributed by atoms with E-state index in [2.05, 4.69) is 119 Å². The minimum Gasteiger partial charge on any atom is -0.0616 e. The van der Waals surface area contributed by atoms with E-state index in [-0.39, 0.29) is 0 Å². The van der Waals surface area contributed by atoms with Crippen LogP contribution >= 0.6 is 15.9 Å². The van der Waals surface area contributed by atoms with Crippen molar-refractivity contribution in [1.29, 1.82) is 0 Å². The molecule has 0 fully saturated rings. The van der Waals surface area contributed by atoms with Crippen molar-refractivity contribution in [2.45, 2.75) is 0 Å². The van der Waals surface area contributed by atoms with Crippen molar-refractivity contribution in [2.75, 3.05) is 0 Å². The number of rotatable bonds is 1. The Kier molecular flexibility index (Phi) is 3.72. The average molecular weight is 433 g/mol. The highest BCUT2D eigenvalue weighted by Gasteiger charge is 2.10. The third-order valence-electron chi connectivity index (χ3n) is 5.88. The van der Waals surface area contributed by atoms with Crippen LogP contribution in [0.4, 0.5) is 0 Å². The first-order valence-electron chi connectivity index (χ1n) is 9.81. The molecule has 0 saturated carbocycles. The Hall–Kier alpha value is -3.16. The largest absolute Gasteiger partial charge is 0.0616 e. The van der Waals surface area contributed by atoms with Gasteiger partial charge in [0.15, 0.2) is 0 Å². The fourth-order valence-corrected chi connectivity index (χ4v) is 4.74. The van der Waals surface area contributed by atoms with Crippen molar-refractivity contribution in [2.24, 2.45) is 0 Å². The quantitative estimate of drug-likeness (QED) is 0.180. The summed E-state index contributed by atoms with van der Waals surface area (Å²) in [6, 6.07) is 37.5. The van der Waals surface area contributed by atoms with Gasteiger partial charge in [0.25, 0.3) is 0 Å². The summed E-state index contributed by atoms with van der Waals surface area (Å²) < 4.78 is 1.10. The van der Waals surface area contributed by atoms with Crippen LogP contribution in [0.3, 0.4) is 0 Å². The van der Waals surface area contributed by atoms with Gasteiger partial charge in [-0.1, -0.05) is 88.7 Å². The molecule has 0 aliphatic heterocycles. The third kappa shape index (κ3) is 2.66. The van der Waals surface area contributed by atoms with Gasteiger partial charge in [-0.25, -0.2) is 0 Å². The lowest BCUT2D eigenvalue weighted by molar-refractivity contribution is 1.61. The van der Waals surface area contributed by atoms with E-state index in [4.69, 9.17) is 0 Å². The summed E-state index contributed by atoms with van der Waals surface area (Å²) in [5.74, 6) is 0. The van der Waals surface area contributed by atoms with E-state index in [0.717, 1.165) is 4.47 Å². The molecule has 0 radical (unpaired) electrons. The molecule has 136 valence electrons. The molecule has 29 heavy (non-hydrogen) atoms. The summed E-state index contributed by atoms with van der Waals surface area (Å²) in [5.41, 5.74) is 2.48. The standard InChI is InChI=1S/C28H17Br/c29-22-13-11-18(12-14-22)19-9-10-20-16-27-25-7-3-1-5-23(25)24-6-2-4-8-26(24)28(27)17-21(20)15-19/h1-17H. The fourth-order valence-electron chi connectivity index (χ4n) is 4.47. The van der Waals surface area contributed by atoms with Crippen molar-refractivity contribution in [1.82, 2.24) is 0 Å². The van der Waals surface area contributed by atoms with Gasteiger partial charge >= 0.3 is 0 Å². The van der Waals surface area contributed by atoms with E-state index in [1.807, 2.05) is 0 Å². The van der Waals surface area contributed by atoms with Crippen molar-refractivity contribution in [3.05, 3.63) is 108 Å². The summed E-state index contributed by atoms with van der Waals surface area (Å²) in [7, 11) is 0. The molecule has 0 spiro atoms. The summed E-state index contributed by atoms with van der Waals surface area (Å²) >= 11 is 3.53. The normalized spacial score (nSPS) is 11.6. The molecule has 0 aliphatic carbocycles. The van der Waals surface area contributed by atoms with E-state index >= 15 is 0 Å². The molecule has 0 nitrogen and oxygen atoms in total. The molecule has 6 aromatic rings. The van der Waals surface area contributed by atoms with Gasteiger partial charge in [-0.05, 0) is 84.5 Å². The molecule has 0 unspecified atom stereocenters. The van der Waals surface area contributed by atoms with Crippen LogP contribution in [0.5, 0.6) is 0 Å². The molecule has 0 amide bonds. The van der Waals surface area contributed by atoms with Gasteiger partial charge in [-0.15, -0.1) is 0 Å². The number of hydrogen-bond donors (Lipinski definition) is 0. The van der Waals surface area contributed by atoms with Crippen LogP contribution < -0.4 is 0 Å². The predicted octanol–water partition coefficient (Wildman–Crippen LogP) is 8.73. The molecule has 0 aromatic heterocycles. The summed E-state index contributed by atoms with van der Waals surface area (Å²) in [6.07, 6.45) is 0. The first kappa shape index (κ1) is 16.8. The van der Waals surface area contributed by atoms with Crippen molar-refractivity contribution in [3.63, 3.8) is 0 Å². The van der Waals surface area contributed by atoms with Gasteiger partial charge < -0.3 is 0 Å². The minimum absolute atomic E-state index is 1.10. The Morgan fingerprint density at radius 1 is 0.379 bits per heavy atom. The lowest BCUT2D eigenvalue weighted by Gasteiger charge is -2.12. The Morgan fingerprint density at radius 2 is 0.862 bits per heavy atom. The van der Waals surface area contributed by atoms with Gasteiger partial charge in [-0.3, -0.25) is 0 Å². The Bertz CT molecular complexity index is 1540. The van der Waals surface area contributed by atoms with E-state index in [9.17, 15) is 0 Å². The Labute approximate surface area is 177 Å². The topological polar surface area (TPSA) is 0 Å². The van der Waals surface area contributed by atoms with E-state index in [1.165, 1.54) is 54.2 Å². The van der Waals surface area contributed by atoms with Crippen LogP contribution in [0, 0.1) is 0 Å². The Morgan fingerprint density at radius 3 is 1.45 bits per heavy atom. The lowest BCUT2D eigenvalue weighted by Crippen LogP contribution is -1.85. The maximum atomic E-state index is 3.53. The molecular formula is C28H17Br. The van der Waals surface area contributed by atoms with Crippen LogP contribution in [-0.4, -0.2) is 0 Å². The lowest BCUT2D eigenvalue weighted by atomic mass is 9.91. The van der Waals surface area contributed by atoms with Crippen molar-refractivity contribution >= 4 is 59.0 Å². The van der Waals surface area contributed by atoms with Gasteiger partial charge in [0.1, 0.15) is 0 Å². The highest BCUT2D eigenvalue weighted by atomic mass is 79.9. The van der Waals surface area contributed by atoms with Gasteiger partial charge in [-0.2, -0.15) is 0 Å². The first-order valence-corrected chi connectivity index (χ1v) is 10.6. The van der Waals surface area contributed by atoms with E-state index < -0.39 is 0 Å². The molecule has 0 N–H and O–H groups in total.